The highest BCUT2D eigenvalue weighted by atomic mass is 35.5. The first kappa shape index (κ1) is 25.1. The molecule has 0 spiro atoms. The average Bonchev–Trinajstić information content (AvgIpc) is 3.24. The van der Waals surface area contributed by atoms with E-state index in [-0.39, 0.29) is 24.8 Å². The SMILES string of the molecule is C=CC(c1ccc2ccccc2c1)S(=O)(=O)n1ccc2cc(N3CCNCC3)ccc21.Cl.Cl. The van der Waals surface area contributed by atoms with Crippen LogP contribution in [-0.4, -0.2) is 38.6 Å². The normalized spacial score (nSPS) is 15.0. The van der Waals surface area contributed by atoms with Crippen LogP contribution in [0.4, 0.5) is 5.69 Å². The third-order valence-electron chi connectivity index (χ3n) is 6.03. The van der Waals surface area contributed by atoms with Crippen LogP contribution in [0.5, 0.6) is 0 Å². The first-order valence-electron chi connectivity index (χ1n) is 10.5. The molecule has 1 aliphatic rings. The fourth-order valence-corrected chi connectivity index (χ4v) is 6.03. The van der Waals surface area contributed by atoms with Crippen molar-refractivity contribution in [3.05, 3.63) is 91.1 Å². The van der Waals surface area contributed by atoms with Gasteiger partial charge in [0.15, 0.2) is 0 Å². The minimum Gasteiger partial charge on any atom is -0.369 e. The summed E-state index contributed by atoms with van der Waals surface area (Å²) in [6.07, 6.45) is 3.17. The topological polar surface area (TPSA) is 54.3 Å². The maximum Gasteiger partial charge on any atom is 0.249 e. The number of halogens is 2. The highest BCUT2D eigenvalue weighted by Gasteiger charge is 2.27. The molecular formula is C25H27Cl2N3O2S. The summed E-state index contributed by atoms with van der Waals surface area (Å²) in [6.45, 7) is 7.66. The monoisotopic (exact) mass is 503 g/mol. The van der Waals surface area contributed by atoms with Crippen LogP contribution in [-0.2, 0) is 10.0 Å². The van der Waals surface area contributed by atoms with E-state index in [1.54, 1.807) is 6.20 Å². The number of nitrogens with one attached hydrogen (secondary N) is 1. The lowest BCUT2D eigenvalue weighted by Crippen LogP contribution is -2.43. The van der Waals surface area contributed by atoms with E-state index in [1.807, 2.05) is 60.7 Å². The van der Waals surface area contributed by atoms with Gasteiger partial charge in [0.1, 0.15) is 5.25 Å². The van der Waals surface area contributed by atoms with Gasteiger partial charge in [0.2, 0.25) is 10.0 Å². The molecule has 0 saturated carbocycles. The molecule has 0 aliphatic carbocycles. The molecule has 1 fully saturated rings. The van der Waals surface area contributed by atoms with Gasteiger partial charge in [-0.15, -0.1) is 31.4 Å². The molecule has 4 aromatic rings. The van der Waals surface area contributed by atoms with Gasteiger partial charge in [0, 0.05) is 43.4 Å². The van der Waals surface area contributed by atoms with Crippen molar-refractivity contribution < 1.29 is 8.42 Å². The Balaban J connectivity index is 0.00000153. The van der Waals surface area contributed by atoms with Gasteiger partial charge in [-0.3, -0.25) is 0 Å². The molecule has 1 N–H and O–H groups in total. The van der Waals surface area contributed by atoms with Crippen molar-refractivity contribution in [2.75, 3.05) is 31.1 Å². The predicted molar refractivity (Wildman–Crippen MR) is 143 cm³/mol. The second kappa shape index (κ2) is 10.2. The first-order valence-corrected chi connectivity index (χ1v) is 12.0. The summed E-state index contributed by atoms with van der Waals surface area (Å²) in [5.74, 6) is 0. The van der Waals surface area contributed by atoms with Crippen molar-refractivity contribution in [2.24, 2.45) is 0 Å². The summed E-state index contributed by atoms with van der Waals surface area (Å²) in [4.78, 5) is 2.32. The lowest BCUT2D eigenvalue weighted by atomic mass is 10.1. The van der Waals surface area contributed by atoms with Crippen molar-refractivity contribution in [1.29, 1.82) is 0 Å². The Labute approximate surface area is 207 Å². The zero-order valence-electron chi connectivity index (χ0n) is 18.1. The van der Waals surface area contributed by atoms with Crippen molar-refractivity contribution in [3.8, 4) is 0 Å². The lowest BCUT2D eigenvalue weighted by Gasteiger charge is -2.29. The molecule has 2 heterocycles. The Morgan fingerprint density at radius 2 is 1.61 bits per heavy atom. The molecule has 0 bridgehead atoms. The minimum atomic E-state index is -3.72. The molecule has 0 amide bonds. The Hall–Kier alpha value is -2.51. The molecule has 5 rings (SSSR count). The summed E-state index contributed by atoms with van der Waals surface area (Å²) in [7, 11) is -3.72. The van der Waals surface area contributed by atoms with Crippen LogP contribution in [0, 0.1) is 0 Å². The van der Waals surface area contributed by atoms with E-state index in [9.17, 15) is 8.42 Å². The Morgan fingerprint density at radius 3 is 2.33 bits per heavy atom. The number of rotatable bonds is 5. The number of hydrogen-bond donors (Lipinski definition) is 1. The molecule has 1 aliphatic heterocycles. The van der Waals surface area contributed by atoms with Gasteiger partial charge in [0.05, 0.1) is 5.52 Å². The number of piperazine rings is 1. The minimum absolute atomic E-state index is 0. The van der Waals surface area contributed by atoms with Gasteiger partial charge in [0.25, 0.3) is 0 Å². The standard InChI is InChI=1S/C25H25N3O2S.2ClH/c1-2-25(22-8-7-19-5-3-4-6-20(19)17-22)31(29,30)28-14-11-21-18-23(9-10-24(21)28)27-15-12-26-13-16-27;;/h2-11,14,17-18,25-26H,1,12-13,15-16H2;2*1H. The van der Waals surface area contributed by atoms with Gasteiger partial charge in [-0.1, -0.05) is 42.5 Å². The van der Waals surface area contributed by atoms with E-state index in [0.717, 1.165) is 48.0 Å². The second-order valence-electron chi connectivity index (χ2n) is 7.90. The third-order valence-corrected chi connectivity index (χ3v) is 8.00. The van der Waals surface area contributed by atoms with Crippen LogP contribution in [0.15, 0.2) is 85.6 Å². The molecule has 0 radical (unpaired) electrons. The summed E-state index contributed by atoms with van der Waals surface area (Å²) in [5, 5.41) is 5.54. The summed E-state index contributed by atoms with van der Waals surface area (Å²) in [6, 6.07) is 21.6. The maximum atomic E-state index is 13.6. The van der Waals surface area contributed by atoms with Crippen LogP contribution in [0.1, 0.15) is 10.8 Å². The van der Waals surface area contributed by atoms with Gasteiger partial charge < -0.3 is 10.2 Å². The highest BCUT2D eigenvalue weighted by Crippen LogP contribution is 2.32. The molecule has 1 aromatic heterocycles. The molecule has 1 atom stereocenters. The van der Waals surface area contributed by atoms with Crippen LogP contribution in [0.3, 0.4) is 0 Å². The zero-order chi connectivity index (χ0) is 21.4. The summed E-state index contributed by atoms with van der Waals surface area (Å²) in [5.41, 5.74) is 2.53. The number of fused-ring (bicyclic) bond motifs is 2. The molecule has 8 heteroatoms. The quantitative estimate of drug-likeness (QED) is 0.382. The molecule has 174 valence electrons. The predicted octanol–water partition coefficient (Wildman–Crippen LogP) is 5.15. The number of hydrogen-bond acceptors (Lipinski definition) is 4. The van der Waals surface area contributed by atoms with Gasteiger partial charge in [-0.2, -0.15) is 0 Å². The lowest BCUT2D eigenvalue weighted by molar-refractivity contribution is 0.583. The van der Waals surface area contributed by atoms with Gasteiger partial charge >= 0.3 is 0 Å². The van der Waals surface area contributed by atoms with Crippen molar-refractivity contribution >= 4 is 62.2 Å². The first-order chi connectivity index (χ1) is 15.1. The fourth-order valence-electron chi connectivity index (χ4n) is 4.38. The van der Waals surface area contributed by atoms with Crippen LogP contribution in [0.25, 0.3) is 21.7 Å². The third kappa shape index (κ3) is 4.62. The van der Waals surface area contributed by atoms with Crippen LogP contribution >= 0.6 is 24.8 Å². The van der Waals surface area contributed by atoms with Crippen molar-refractivity contribution in [1.82, 2.24) is 9.29 Å². The molecule has 5 nitrogen and oxygen atoms in total. The van der Waals surface area contributed by atoms with Gasteiger partial charge in [-0.25, -0.2) is 12.4 Å². The Bertz CT molecular complexity index is 1380. The zero-order valence-corrected chi connectivity index (χ0v) is 20.5. The van der Waals surface area contributed by atoms with E-state index in [0.29, 0.717) is 11.1 Å². The van der Waals surface area contributed by atoms with E-state index in [1.165, 1.54) is 10.0 Å². The van der Waals surface area contributed by atoms with Crippen molar-refractivity contribution in [2.45, 2.75) is 5.25 Å². The fraction of sp³-hybridized carbons (Fsp3) is 0.200. The summed E-state index contributed by atoms with van der Waals surface area (Å²) >= 11 is 0. The molecule has 3 aromatic carbocycles. The molecular weight excluding hydrogens is 477 g/mol. The molecule has 1 unspecified atom stereocenters. The second-order valence-corrected chi connectivity index (χ2v) is 9.83. The summed E-state index contributed by atoms with van der Waals surface area (Å²) < 4.78 is 28.7. The van der Waals surface area contributed by atoms with E-state index >= 15 is 0 Å². The van der Waals surface area contributed by atoms with E-state index < -0.39 is 15.3 Å². The maximum absolute atomic E-state index is 13.6. The smallest absolute Gasteiger partial charge is 0.249 e. The van der Waals surface area contributed by atoms with Crippen LogP contribution < -0.4 is 10.2 Å². The van der Waals surface area contributed by atoms with E-state index in [2.05, 4.69) is 22.9 Å². The molecule has 1 saturated heterocycles. The number of nitrogens with zero attached hydrogens (tertiary/aromatic N) is 2. The Kier molecular flexibility index (Phi) is 7.75. The number of benzene rings is 3. The van der Waals surface area contributed by atoms with Crippen molar-refractivity contribution in [3.63, 3.8) is 0 Å². The number of anilines is 1. The number of aromatic nitrogens is 1. The van der Waals surface area contributed by atoms with Gasteiger partial charge in [-0.05, 0) is 46.7 Å². The Morgan fingerprint density at radius 1 is 0.879 bits per heavy atom. The average molecular weight is 504 g/mol. The largest absolute Gasteiger partial charge is 0.369 e. The van der Waals surface area contributed by atoms with E-state index in [4.69, 9.17) is 0 Å². The van der Waals surface area contributed by atoms with Crippen LogP contribution in [0.2, 0.25) is 0 Å². The molecule has 33 heavy (non-hydrogen) atoms. The highest BCUT2D eigenvalue weighted by molar-refractivity contribution is 7.90.